The molecule has 4 rings (SSSR count). The maximum atomic E-state index is 13.4. The van der Waals surface area contributed by atoms with E-state index in [1.807, 2.05) is 19.1 Å². The fraction of sp³-hybridized carbons (Fsp3) is 0.269. The summed E-state index contributed by atoms with van der Waals surface area (Å²) in [5.41, 5.74) is 3.46. The van der Waals surface area contributed by atoms with Crippen LogP contribution in [0.3, 0.4) is 0 Å². The Balaban J connectivity index is 1.48. The van der Waals surface area contributed by atoms with Crippen LogP contribution < -0.4 is 14.5 Å². The molecule has 0 saturated carbocycles. The molecule has 0 aromatic heterocycles. The van der Waals surface area contributed by atoms with E-state index in [2.05, 4.69) is 22.3 Å². The van der Waals surface area contributed by atoms with Crippen LogP contribution in [0.5, 0.6) is 0 Å². The number of carbonyl (C=O) groups is 1. The Morgan fingerprint density at radius 1 is 0.941 bits per heavy atom. The van der Waals surface area contributed by atoms with Crippen LogP contribution in [-0.4, -0.2) is 34.0 Å². The monoisotopic (exact) mass is 497 g/mol. The van der Waals surface area contributed by atoms with Gasteiger partial charge in [0.15, 0.2) is 0 Å². The zero-order chi connectivity index (χ0) is 24.1. The molecule has 1 saturated heterocycles. The van der Waals surface area contributed by atoms with Gasteiger partial charge in [0.2, 0.25) is 5.91 Å². The summed E-state index contributed by atoms with van der Waals surface area (Å²) in [4.78, 5) is 15.3. The summed E-state index contributed by atoms with van der Waals surface area (Å²) in [6.07, 6.45) is 2.43. The number of amides is 1. The fourth-order valence-corrected chi connectivity index (χ4v) is 5.49. The van der Waals surface area contributed by atoms with Crippen molar-refractivity contribution in [2.75, 3.05) is 28.8 Å². The van der Waals surface area contributed by atoms with Gasteiger partial charge in [-0.3, -0.25) is 9.10 Å². The first-order chi connectivity index (χ1) is 16.3. The minimum atomic E-state index is -3.95. The molecule has 0 bridgehead atoms. The number of benzene rings is 3. The van der Waals surface area contributed by atoms with E-state index in [9.17, 15) is 13.2 Å². The largest absolute Gasteiger partial charge is 0.372 e. The van der Waals surface area contributed by atoms with E-state index in [0.29, 0.717) is 17.3 Å². The number of carbonyl (C=O) groups excluding carboxylic acids is 1. The predicted molar refractivity (Wildman–Crippen MR) is 137 cm³/mol. The zero-order valence-electron chi connectivity index (χ0n) is 19.1. The van der Waals surface area contributed by atoms with Crippen LogP contribution in [0.2, 0.25) is 5.02 Å². The molecule has 1 amide bonds. The Labute approximate surface area is 206 Å². The molecule has 6 nitrogen and oxygen atoms in total. The molecule has 0 atom stereocenters. The minimum Gasteiger partial charge on any atom is -0.372 e. The molecular formula is C26H28ClN3O3S. The molecule has 1 fully saturated rings. The normalized spacial score (nSPS) is 13.6. The zero-order valence-corrected chi connectivity index (χ0v) is 20.6. The predicted octanol–water partition coefficient (Wildman–Crippen LogP) is 4.76. The van der Waals surface area contributed by atoms with Gasteiger partial charge in [0.25, 0.3) is 10.0 Å². The van der Waals surface area contributed by atoms with Crippen molar-refractivity contribution >= 4 is 38.9 Å². The summed E-state index contributed by atoms with van der Waals surface area (Å²) in [7, 11) is -3.95. The van der Waals surface area contributed by atoms with Crippen molar-refractivity contribution < 1.29 is 13.2 Å². The third-order valence-corrected chi connectivity index (χ3v) is 7.95. The first-order valence-corrected chi connectivity index (χ1v) is 13.1. The minimum absolute atomic E-state index is 0.123. The molecule has 0 unspecified atom stereocenters. The first kappa shape index (κ1) is 24.1. The summed E-state index contributed by atoms with van der Waals surface area (Å²) >= 11 is 5.99. The molecule has 0 spiro atoms. The second kappa shape index (κ2) is 10.5. The fourth-order valence-electron chi connectivity index (χ4n) is 3.95. The van der Waals surface area contributed by atoms with Gasteiger partial charge in [-0.1, -0.05) is 41.4 Å². The lowest BCUT2D eigenvalue weighted by Gasteiger charge is -2.24. The maximum absolute atomic E-state index is 13.4. The number of rotatable bonds is 8. The van der Waals surface area contributed by atoms with Crippen molar-refractivity contribution in [3.8, 4) is 0 Å². The van der Waals surface area contributed by atoms with Crippen molar-refractivity contribution in [2.24, 2.45) is 0 Å². The highest BCUT2D eigenvalue weighted by Crippen LogP contribution is 2.25. The molecule has 34 heavy (non-hydrogen) atoms. The molecule has 3 aromatic carbocycles. The van der Waals surface area contributed by atoms with Gasteiger partial charge in [-0.2, -0.15) is 0 Å². The third-order valence-electron chi connectivity index (χ3n) is 5.91. The van der Waals surface area contributed by atoms with Gasteiger partial charge in [-0.15, -0.1) is 0 Å². The van der Waals surface area contributed by atoms with Crippen LogP contribution in [0.25, 0.3) is 0 Å². The second-order valence-electron chi connectivity index (χ2n) is 8.44. The Kier molecular flexibility index (Phi) is 7.44. The van der Waals surface area contributed by atoms with Crippen LogP contribution in [0.4, 0.5) is 11.4 Å². The highest BCUT2D eigenvalue weighted by atomic mass is 35.5. The van der Waals surface area contributed by atoms with Gasteiger partial charge >= 0.3 is 0 Å². The number of nitrogens with one attached hydrogen (secondary N) is 1. The number of anilines is 2. The van der Waals surface area contributed by atoms with Crippen LogP contribution in [0.15, 0.2) is 77.7 Å². The third kappa shape index (κ3) is 5.72. The Bertz CT molecular complexity index is 1220. The van der Waals surface area contributed by atoms with Crippen LogP contribution in [0.1, 0.15) is 24.0 Å². The van der Waals surface area contributed by atoms with Crippen molar-refractivity contribution in [3.05, 3.63) is 88.9 Å². The molecule has 0 radical (unpaired) electrons. The molecule has 1 heterocycles. The Morgan fingerprint density at radius 3 is 2.18 bits per heavy atom. The molecule has 8 heteroatoms. The number of hydrogen-bond acceptors (Lipinski definition) is 4. The maximum Gasteiger partial charge on any atom is 0.264 e. The molecule has 1 aliphatic heterocycles. The molecular weight excluding hydrogens is 470 g/mol. The van der Waals surface area contributed by atoms with Gasteiger partial charge in [-0.25, -0.2) is 8.42 Å². The average molecular weight is 498 g/mol. The summed E-state index contributed by atoms with van der Waals surface area (Å²) in [6.45, 7) is 4.01. The van der Waals surface area contributed by atoms with Crippen molar-refractivity contribution in [2.45, 2.75) is 31.2 Å². The number of halogens is 1. The molecule has 1 N–H and O–H groups in total. The Hall–Kier alpha value is -3.03. The SMILES string of the molecule is Cc1ccc(S(=O)(=O)N(CC(=O)NCc2ccc(N3CCCC3)cc2)c2ccc(Cl)cc2)cc1. The number of aryl methyl sites for hydroxylation is 1. The van der Waals surface area contributed by atoms with E-state index in [1.165, 1.54) is 18.5 Å². The molecule has 0 aliphatic carbocycles. The highest BCUT2D eigenvalue weighted by molar-refractivity contribution is 7.92. The molecule has 3 aromatic rings. The highest BCUT2D eigenvalue weighted by Gasteiger charge is 2.27. The van der Waals surface area contributed by atoms with Crippen LogP contribution in [0, 0.1) is 6.92 Å². The van der Waals surface area contributed by atoms with E-state index in [4.69, 9.17) is 11.6 Å². The van der Waals surface area contributed by atoms with E-state index < -0.39 is 15.9 Å². The first-order valence-electron chi connectivity index (χ1n) is 11.3. The summed E-state index contributed by atoms with van der Waals surface area (Å²) in [6, 6.07) is 21.1. The summed E-state index contributed by atoms with van der Waals surface area (Å²) in [5.74, 6) is -0.394. The average Bonchev–Trinajstić information content (AvgIpc) is 3.37. The lowest BCUT2D eigenvalue weighted by molar-refractivity contribution is -0.119. The van der Waals surface area contributed by atoms with Crippen LogP contribution >= 0.6 is 11.6 Å². The molecule has 178 valence electrons. The van der Waals surface area contributed by atoms with Gasteiger partial charge in [0, 0.05) is 30.3 Å². The standard InChI is InChI=1S/C26H28ClN3O3S/c1-20-4-14-25(15-5-20)34(32,33)30(24-12-8-22(27)9-13-24)19-26(31)28-18-21-6-10-23(11-7-21)29-16-2-3-17-29/h4-15H,2-3,16-19H2,1H3,(H,28,31). The smallest absolute Gasteiger partial charge is 0.264 e. The second-order valence-corrected chi connectivity index (χ2v) is 10.7. The van der Waals surface area contributed by atoms with Gasteiger partial charge in [-0.05, 0) is 73.9 Å². The van der Waals surface area contributed by atoms with Crippen LogP contribution in [-0.2, 0) is 21.4 Å². The van der Waals surface area contributed by atoms with Gasteiger partial charge < -0.3 is 10.2 Å². The Morgan fingerprint density at radius 2 is 1.56 bits per heavy atom. The lowest BCUT2D eigenvalue weighted by Crippen LogP contribution is -2.40. The molecule has 1 aliphatic rings. The van der Waals surface area contributed by atoms with Gasteiger partial charge in [0.05, 0.1) is 10.6 Å². The van der Waals surface area contributed by atoms with E-state index >= 15 is 0 Å². The summed E-state index contributed by atoms with van der Waals surface area (Å²) in [5, 5.41) is 3.33. The lowest BCUT2D eigenvalue weighted by atomic mass is 10.2. The number of sulfonamides is 1. The van der Waals surface area contributed by atoms with Crippen molar-refractivity contribution in [1.82, 2.24) is 5.32 Å². The van der Waals surface area contributed by atoms with Gasteiger partial charge in [0.1, 0.15) is 6.54 Å². The van der Waals surface area contributed by atoms with E-state index in [0.717, 1.165) is 28.5 Å². The van der Waals surface area contributed by atoms with Crippen molar-refractivity contribution in [3.63, 3.8) is 0 Å². The van der Waals surface area contributed by atoms with E-state index in [1.54, 1.807) is 48.5 Å². The quantitative estimate of drug-likeness (QED) is 0.487. The summed E-state index contributed by atoms with van der Waals surface area (Å²) < 4.78 is 27.9. The number of hydrogen-bond donors (Lipinski definition) is 1. The van der Waals surface area contributed by atoms with Crippen molar-refractivity contribution in [1.29, 1.82) is 0 Å². The van der Waals surface area contributed by atoms with E-state index in [-0.39, 0.29) is 11.4 Å². The number of nitrogens with zero attached hydrogens (tertiary/aromatic N) is 2. The topological polar surface area (TPSA) is 69.7 Å².